The molecule has 0 aromatic carbocycles. The summed E-state index contributed by atoms with van der Waals surface area (Å²) in [7, 11) is 0. The second-order valence-corrected chi connectivity index (χ2v) is 4.14. The summed E-state index contributed by atoms with van der Waals surface area (Å²) in [6.45, 7) is 0.321. The van der Waals surface area contributed by atoms with Gasteiger partial charge < -0.3 is 25.5 Å². The molecule has 3 atom stereocenters. The zero-order valence-corrected chi connectivity index (χ0v) is 8.84. The number of hydrogen-bond donors (Lipinski definition) is 5. The van der Waals surface area contributed by atoms with E-state index in [0.29, 0.717) is 23.1 Å². The lowest BCUT2D eigenvalue weighted by Crippen LogP contribution is -2.25. The number of fused-ring (bicyclic) bond motifs is 1. The van der Waals surface area contributed by atoms with Gasteiger partial charge in [-0.05, 0) is 0 Å². The Morgan fingerprint density at radius 2 is 2.18 bits per heavy atom. The van der Waals surface area contributed by atoms with Crippen molar-refractivity contribution in [2.75, 3.05) is 6.54 Å². The molecule has 90 valence electrons. The summed E-state index contributed by atoms with van der Waals surface area (Å²) in [5.74, 6) is 0. The van der Waals surface area contributed by atoms with Gasteiger partial charge in [0, 0.05) is 18.3 Å². The molecule has 1 saturated heterocycles. The highest BCUT2D eigenvalue weighted by atomic mass is 16.3. The third-order valence-electron chi connectivity index (χ3n) is 3.12. The average Bonchev–Trinajstić information content (AvgIpc) is 2.86. The van der Waals surface area contributed by atoms with Crippen LogP contribution in [-0.4, -0.2) is 43.9 Å². The number of hydrogen-bond acceptors (Lipinski definition) is 5. The van der Waals surface area contributed by atoms with Crippen molar-refractivity contribution in [1.82, 2.24) is 20.3 Å². The first-order valence-electron chi connectivity index (χ1n) is 5.32. The fourth-order valence-corrected chi connectivity index (χ4v) is 2.21. The van der Waals surface area contributed by atoms with Crippen LogP contribution < -0.4 is 10.9 Å². The zero-order chi connectivity index (χ0) is 12.0. The number of nitrogens with zero attached hydrogens (tertiary/aromatic N) is 1. The SMILES string of the molecule is O=c1[nH]cnc2c([C@@H]3NC[C@@H](O)[C@H]3O)c[nH]c12. The van der Waals surface area contributed by atoms with E-state index in [2.05, 4.69) is 20.3 Å². The van der Waals surface area contributed by atoms with E-state index in [0.717, 1.165) is 0 Å². The second-order valence-electron chi connectivity index (χ2n) is 4.14. The number of H-pyrrole nitrogens is 2. The molecule has 7 heteroatoms. The van der Waals surface area contributed by atoms with Crippen LogP contribution in [0.3, 0.4) is 0 Å². The summed E-state index contributed by atoms with van der Waals surface area (Å²) in [6.07, 6.45) is 1.26. The lowest BCUT2D eigenvalue weighted by atomic mass is 10.0. The maximum atomic E-state index is 11.5. The van der Waals surface area contributed by atoms with Crippen molar-refractivity contribution in [1.29, 1.82) is 0 Å². The summed E-state index contributed by atoms with van der Waals surface area (Å²) in [5.41, 5.74) is 1.32. The molecule has 7 nitrogen and oxygen atoms in total. The molecule has 1 aliphatic rings. The predicted molar refractivity (Wildman–Crippen MR) is 59.5 cm³/mol. The fraction of sp³-hybridized carbons (Fsp3) is 0.400. The average molecular weight is 236 g/mol. The Balaban J connectivity index is 2.13. The van der Waals surface area contributed by atoms with Crippen molar-refractivity contribution in [3.05, 3.63) is 28.4 Å². The van der Waals surface area contributed by atoms with Gasteiger partial charge in [0.15, 0.2) is 0 Å². The van der Waals surface area contributed by atoms with Crippen molar-refractivity contribution in [2.24, 2.45) is 0 Å². The Bertz CT molecular complexity index is 605. The van der Waals surface area contributed by atoms with Gasteiger partial charge in [-0.2, -0.15) is 0 Å². The molecule has 1 fully saturated rings. The summed E-state index contributed by atoms with van der Waals surface area (Å²) >= 11 is 0. The van der Waals surface area contributed by atoms with Gasteiger partial charge in [0.25, 0.3) is 5.56 Å². The first-order chi connectivity index (χ1) is 8.18. The number of rotatable bonds is 1. The van der Waals surface area contributed by atoms with Crippen molar-refractivity contribution >= 4 is 11.0 Å². The van der Waals surface area contributed by atoms with Crippen LogP contribution in [0.2, 0.25) is 0 Å². The van der Waals surface area contributed by atoms with Crippen molar-refractivity contribution in [2.45, 2.75) is 18.2 Å². The second kappa shape index (κ2) is 3.66. The molecule has 0 unspecified atom stereocenters. The third kappa shape index (κ3) is 1.47. The monoisotopic (exact) mass is 236 g/mol. The first kappa shape index (κ1) is 10.5. The van der Waals surface area contributed by atoms with Gasteiger partial charge in [-0.1, -0.05) is 0 Å². The van der Waals surface area contributed by atoms with Crippen LogP contribution in [-0.2, 0) is 0 Å². The molecule has 5 N–H and O–H groups in total. The van der Waals surface area contributed by atoms with Crippen molar-refractivity contribution < 1.29 is 10.2 Å². The molecule has 0 bridgehead atoms. The number of aliphatic hydroxyl groups excluding tert-OH is 2. The summed E-state index contributed by atoms with van der Waals surface area (Å²) in [6, 6.07) is -0.409. The van der Waals surface area contributed by atoms with E-state index in [-0.39, 0.29) is 5.56 Å². The molecule has 3 heterocycles. The lowest BCUT2D eigenvalue weighted by molar-refractivity contribution is 0.0407. The van der Waals surface area contributed by atoms with E-state index in [4.69, 9.17) is 0 Å². The van der Waals surface area contributed by atoms with Gasteiger partial charge in [-0.25, -0.2) is 4.98 Å². The van der Waals surface area contributed by atoms with Crippen LogP contribution in [0.5, 0.6) is 0 Å². The fourth-order valence-electron chi connectivity index (χ4n) is 2.21. The van der Waals surface area contributed by atoms with Crippen molar-refractivity contribution in [3.8, 4) is 0 Å². The Kier molecular flexibility index (Phi) is 2.25. The molecule has 0 aliphatic carbocycles. The maximum absolute atomic E-state index is 11.5. The summed E-state index contributed by atoms with van der Waals surface area (Å²) in [4.78, 5) is 20.9. The minimum absolute atomic E-state index is 0.255. The first-order valence-corrected chi connectivity index (χ1v) is 5.32. The highest BCUT2D eigenvalue weighted by molar-refractivity contribution is 5.78. The van der Waals surface area contributed by atoms with E-state index in [1.54, 1.807) is 6.20 Å². The van der Waals surface area contributed by atoms with Gasteiger partial charge in [-0.15, -0.1) is 0 Å². The molecule has 0 amide bonds. The van der Waals surface area contributed by atoms with Crippen LogP contribution in [0.25, 0.3) is 11.0 Å². The molecule has 17 heavy (non-hydrogen) atoms. The number of aromatic amines is 2. The largest absolute Gasteiger partial charge is 0.389 e. The number of nitrogens with one attached hydrogen (secondary N) is 3. The third-order valence-corrected chi connectivity index (χ3v) is 3.12. The molecular weight excluding hydrogens is 224 g/mol. The minimum Gasteiger partial charge on any atom is -0.389 e. The van der Waals surface area contributed by atoms with Gasteiger partial charge in [0.1, 0.15) is 17.1 Å². The number of β-amino-alcohol motifs (C(OH)–C–C–N with tert-alkyl or cyclic N) is 1. The lowest BCUT2D eigenvalue weighted by Gasteiger charge is -2.14. The number of aromatic nitrogens is 3. The highest BCUT2D eigenvalue weighted by Gasteiger charge is 2.35. The van der Waals surface area contributed by atoms with Crippen molar-refractivity contribution in [3.63, 3.8) is 0 Å². The highest BCUT2D eigenvalue weighted by Crippen LogP contribution is 2.27. The Hall–Kier alpha value is -1.70. The van der Waals surface area contributed by atoms with E-state index < -0.39 is 18.2 Å². The standard InChI is InChI=1S/C10H12N4O3/c15-5-2-12-7(9(5)16)4-1-11-8-6(4)13-3-14-10(8)17/h1,3,5,7,9,11-12,15-16H,2H2,(H,13,14,17)/t5-,7+,9-/m1/s1. The Morgan fingerprint density at radius 1 is 1.35 bits per heavy atom. The molecule has 3 rings (SSSR count). The van der Waals surface area contributed by atoms with Gasteiger partial charge in [0.05, 0.1) is 18.5 Å². The molecule has 2 aromatic heterocycles. The van der Waals surface area contributed by atoms with Crippen LogP contribution >= 0.6 is 0 Å². The minimum atomic E-state index is -0.893. The summed E-state index contributed by atoms with van der Waals surface area (Å²) < 4.78 is 0. The molecule has 0 radical (unpaired) electrons. The smallest absolute Gasteiger partial charge is 0.275 e. The Morgan fingerprint density at radius 3 is 2.88 bits per heavy atom. The molecule has 0 saturated carbocycles. The quantitative estimate of drug-likeness (QED) is 0.418. The van der Waals surface area contributed by atoms with Gasteiger partial charge >= 0.3 is 0 Å². The van der Waals surface area contributed by atoms with E-state index >= 15 is 0 Å². The molecule has 1 aliphatic heterocycles. The normalized spacial score (nSPS) is 28.9. The van der Waals surface area contributed by atoms with E-state index in [1.165, 1.54) is 6.33 Å². The van der Waals surface area contributed by atoms with E-state index in [9.17, 15) is 15.0 Å². The van der Waals surface area contributed by atoms with E-state index in [1.807, 2.05) is 0 Å². The number of aliphatic hydroxyl groups is 2. The zero-order valence-electron chi connectivity index (χ0n) is 8.84. The maximum Gasteiger partial charge on any atom is 0.275 e. The van der Waals surface area contributed by atoms with Gasteiger partial charge in [-0.3, -0.25) is 4.79 Å². The Labute approximate surface area is 95.5 Å². The van der Waals surface area contributed by atoms with Crippen LogP contribution in [0.15, 0.2) is 17.3 Å². The molecule has 0 spiro atoms. The summed E-state index contributed by atoms with van der Waals surface area (Å²) in [5, 5.41) is 22.3. The molecular formula is C10H12N4O3. The van der Waals surface area contributed by atoms with Crippen LogP contribution in [0.4, 0.5) is 0 Å². The van der Waals surface area contributed by atoms with Gasteiger partial charge in [0.2, 0.25) is 0 Å². The predicted octanol–water partition coefficient (Wildman–Crippen LogP) is -1.38. The molecule has 2 aromatic rings. The van der Waals surface area contributed by atoms with Crippen LogP contribution in [0, 0.1) is 0 Å². The van der Waals surface area contributed by atoms with Crippen LogP contribution in [0.1, 0.15) is 11.6 Å². The topological polar surface area (TPSA) is 114 Å².